The van der Waals surface area contributed by atoms with Gasteiger partial charge in [-0.1, -0.05) is 29.8 Å². The van der Waals surface area contributed by atoms with Gasteiger partial charge in [0.1, 0.15) is 0 Å². The van der Waals surface area contributed by atoms with Crippen LogP contribution in [0.2, 0.25) is 5.02 Å². The first kappa shape index (κ1) is 12.1. The van der Waals surface area contributed by atoms with Crippen LogP contribution in [0.4, 0.5) is 0 Å². The minimum Gasteiger partial charge on any atom is -0.306 e. The number of nitrogens with zero attached hydrogens (tertiary/aromatic N) is 1. The second-order valence-electron chi connectivity index (χ2n) is 4.10. The van der Waals surface area contributed by atoms with E-state index in [9.17, 15) is 0 Å². The van der Waals surface area contributed by atoms with Gasteiger partial charge in [-0.25, -0.2) is 0 Å². The van der Waals surface area contributed by atoms with Crippen LogP contribution in [-0.4, -0.2) is 12.0 Å². The first-order valence-electron chi connectivity index (χ1n) is 5.53. The summed E-state index contributed by atoms with van der Waals surface area (Å²) in [6.07, 6.45) is 1.81. The van der Waals surface area contributed by atoms with Gasteiger partial charge in [0.05, 0.1) is 11.2 Å². The van der Waals surface area contributed by atoms with Crippen molar-refractivity contribution in [2.75, 3.05) is 7.05 Å². The lowest BCUT2D eigenvalue weighted by Gasteiger charge is -2.29. The zero-order valence-electron chi connectivity index (χ0n) is 9.94. The molecule has 1 aromatic heterocycles. The molecule has 0 saturated heterocycles. The zero-order chi connectivity index (χ0) is 12.3. The van der Waals surface area contributed by atoms with Gasteiger partial charge in [0.2, 0.25) is 0 Å². The molecule has 2 aromatic rings. The maximum Gasteiger partial charge on any atom is 0.0832 e. The largest absolute Gasteiger partial charge is 0.306 e. The number of hydrogen-bond donors (Lipinski definition) is 1. The van der Waals surface area contributed by atoms with Crippen LogP contribution in [0.5, 0.6) is 0 Å². The molecule has 0 saturated carbocycles. The van der Waals surface area contributed by atoms with Gasteiger partial charge in [-0.3, -0.25) is 4.98 Å². The zero-order valence-corrected chi connectivity index (χ0v) is 10.7. The lowest BCUT2D eigenvalue weighted by molar-refractivity contribution is 0.470. The van der Waals surface area contributed by atoms with Gasteiger partial charge in [0.25, 0.3) is 0 Å². The SMILES string of the molecule is CN[C@](C)(c1ccc(Cl)cc1)c1ccccn1. The van der Waals surface area contributed by atoms with Gasteiger partial charge in [0, 0.05) is 11.2 Å². The van der Waals surface area contributed by atoms with E-state index < -0.39 is 0 Å². The number of hydrogen-bond acceptors (Lipinski definition) is 2. The molecule has 2 nitrogen and oxygen atoms in total. The smallest absolute Gasteiger partial charge is 0.0832 e. The lowest BCUT2D eigenvalue weighted by atomic mass is 9.88. The number of pyridine rings is 1. The van der Waals surface area contributed by atoms with E-state index in [0.29, 0.717) is 0 Å². The Kier molecular flexibility index (Phi) is 3.46. The molecule has 0 amide bonds. The Morgan fingerprint density at radius 2 is 1.82 bits per heavy atom. The van der Waals surface area contributed by atoms with Gasteiger partial charge < -0.3 is 5.32 Å². The fourth-order valence-electron chi connectivity index (χ4n) is 1.86. The molecule has 88 valence electrons. The van der Waals surface area contributed by atoms with E-state index in [1.54, 1.807) is 6.20 Å². The van der Waals surface area contributed by atoms with Crippen LogP contribution < -0.4 is 5.32 Å². The van der Waals surface area contributed by atoms with Crippen molar-refractivity contribution in [3.63, 3.8) is 0 Å². The highest BCUT2D eigenvalue weighted by molar-refractivity contribution is 6.30. The van der Waals surface area contributed by atoms with Crippen molar-refractivity contribution < 1.29 is 0 Å². The van der Waals surface area contributed by atoms with Gasteiger partial charge in [-0.05, 0) is 43.8 Å². The monoisotopic (exact) mass is 246 g/mol. The normalized spacial score (nSPS) is 14.3. The van der Waals surface area contributed by atoms with Crippen LogP contribution in [0.25, 0.3) is 0 Å². The Labute approximate surface area is 107 Å². The summed E-state index contributed by atoms with van der Waals surface area (Å²) >= 11 is 5.91. The van der Waals surface area contributed by atoms with Crippen molar-refractivity contribution in [2.45, 2.75) is 12.5 Å². The van der Waals surface area contributed by atoms with Crippen molar-refractivity contribution in [1.29, 1.82) is 0 Å². The fraction of sp³-hybridized carbons (Fsp3) is 0.214. The van der Waals surface area contributed by atoms with E-state index >= 15 is 0 Å². The van der Waals surface area contributed by atoms with Crippen molar-refractivity contribution in [1.82, 2.24) is 10.3 Å². The number of rotatable bonds is 3. The summed E-state index contributed by atoms with van der Waals surface area (Å²) < 4.78 is 0. The standard InChI is InChI=1S/C14H15ClN2/c1-14(16-2,13-5-3-4-10-17-13)11-6-8-12(15)9-7-11/h3-10,16H,1-2H3/t14-/m1/s1. The molecule has 0 aliphatic rings. The molecule has 2 rings (SSSR count). The molecule has 3 heteroatoms. The van der Waals surface area contributed by atoms with E-state index in [1.165, 1.54) is 0 Å². The molecule has 0 spiro atoms. The summed E-state index contributed by atoms with van der Waals surface area (Å²) in [5.74, 6) is 0. The van der Waals surface area contributed by atoms with Crippen LogP contribution in [0, 0.1) is 0 Å². The summed E-state index contributed by atoms with van der Waals surface area (Å²) in [4.78, 5) is 4.42. The molecular formula is C14H15ClN2. The molecule has 0 bridgehead atoms. The van der Waals surface area contributed by atoms with Crippen molar-refractivity contribution in [3.8, 4) is 0 Å². The van der Waals surface area contributed by atoms with E-state index in [2.05, 4.69) is 17.2 Å². The first-order chi connectivity index (χ1) is 8.16. The highest BCUT2D eigenvalue weighted by Crippen LogP contribution is 2.28. The number of benzene rings is 1. The Bertz CT molecular complexity index is 481. The average molecular weight is 247 g/mol. The van der Waals surface area contributed by atoms with E-state index in [4.69, 9.17) is 11.6 Å². The molecule has 0 aliphatic heterocycles. The Morgan fingerprint density at radius 1 is 1.12 bits per heavy atom. The summed E-state index contributed by atoms with van der Waals surface area (Å²) in [7, 11) is 1.93. The predicted octanol–water partition coefficient (Wildman–Crippen LogP) is 3.22. The fourth-order valence-corrected chi connectivity index (χ4v) is 1.99. The molecule has 0 unspecified atom stereocenters. The minimum absolute atomic E-state index is 0.300. The van der Waals surface area contributed by atoms with Gasteiger partial charge in [0.15, 0.2) is 0 Å². The highest BCUT2D eigenvalue weighted by Gasteiger charge is 2.27. The van der Waals surface area contributed by atoms with E-state index in [1.807, 2.05) is 49.5 Å². The Balaban J connectivity index is 2.48. The molecule has 0 fully saturated rings. The molecule has 17 heavy (non-hydrogen) atoms. The summed E-state index contributed by atoms with van der Waals surface area (Å²) in [5.41, 5.74) is 1.83. The van der Waals surface area contributed by atoms with Crippen LogP contribution in [0.1, 0.15) is 18.2 Å². The molecule has 1 heterocycles. The average Bonchev–Trinajstić information content (AvgIpc) is 2.40. The second kappa shape index (κ2) is 4.86. The van der Waals surface area contributed by atoms with Gasteiger partial charge in [-0.15, -0.1) is 0 Å². The van der Waals surface area contributed by atoms with Crippen LogP contribution in [0.15, 0.2) is 48.7 Å². The maximum absolute atomic E-state index is 5.91. The molecular weight excluding hydrogens is 232 g/mol. The molecule has 1 aromatic carbocycles. The molecule has 1 N–H and O–H groups in total. The third kappa shape index (κ3) is 2.33. The molecule has 1 atom stereocenters. The van der Waals surface area contributed by atoms with E-state index in [0.717, 1.165) is 16.3 Å². The van der Waals surface area contributed by atoms with E-state index in [-0.39, 0.29) is 5.54 Å². The highest BCUT2D eigenvalue weighted by atomic mass is 35.5. The minimum atomic E-state index is -0.300. The van der Waals surface area contributed by atoms with Crippen molar-refractivity contribution in [2.24, 2.45) is 0 Å². The second-order valence-corrected chi connectivity index (χ2v) is 4.53. The Hall–Kier alpha value is -1.38. The predicted molar refractivity (Wildman–Crippen MR) is 71.2 cm³/mol. The molecule has 0 aliphatic carbocycles. The molecule has 0 radical (unpaired) electrons. The maximum atomic E-state index is 5.91. The first-order valence-corrected chi connectivity index (χ1v) is 5.91. The Morgan fingerprint density at radius 3 is 2.35 bits per heavy atom. The third-order valence-corrected chi connectivity index (χ3v) is 3.35. The number of aromatic nitrogens is 1. The van der Waals surface area contributed by atoms with Crippen LogP contribution >= 0.6 is 11.6 Å². The lowest BCUT2D eigenvalue weighted by Crippen LogP contribution is -2.38. The number of halogens is 1. The number of nitrogens with one attached hydrogen (secondary N) is 1. The summed E-state index contributed by atoms with van der Waals surface area (Å²) in [5, 5.41) is 4.07. The van der Waals surface area contributed by atoms with Crippen LogP contribution in [-0.2, 0) is 5.54 Å². The quantitative estimate of drug-likeness (QED) is 0.900. The van der Waals surface area contributed by atoms with Crippen LogP contribution in [0.3, 0.4) is 0 Å². The van der Waals surface area contributed by atoms with Gasteiger partial charge in [-0.2, -0.15) is 0 Å². The topological polar surface area (TPSA) is 24.9 Å². The summed E-state index contributed by atoms with van der Waals surface area (Å²) in [6.45, 7) is 2.11. The van der Waals surface area contributed by atoms with Crippen molar-refractivity contribution >= 4 is 11.6 Å². The van der Waals surface area contributed by atoms with Gasteiger partial charge >= 0.3 is 0 Å². The van der Waals surface area contributed by atoms with Crippen molar-refractivity contribution in [3.05, 3.63) is 64.9 Å². The third-order valence-electron chi connectivity index (χ3n) is 3.10. The summed E-state index contributed by atoms with van der Waals surface area (Å²) in [6, 6.07) is 13.8.